The predicted octanol–water partition coefficient (Wildman–Crippen LogP) is -0.0323. The minimum atomic E-state index is -0.122. The van der Waals surface area contributed by atoms with Crippen LogP contribution in [0.3, 0.4) is 0 Å². The van der Waals surface area contributed by atoms with Crippen LogP contribution in [0.5, 0.6) is 0 Å². The van der Waals surface area contributed by atoms with Gasteiger partial charge in [-0.3, -0.25) is 4.79 Å². The van der Waals surface area contributed by atoms with Crippen molar-refractivity contribution in [1.29, 1.82) is 0 Å². The van der Waals surface area contributed by atoms with E-state index in [2.05, 4.69) is 5.32 Å². The fourth-order valence-corrected chi connectivity index (χ4v) is 1.99. The molecule has 0 aliphatic heterocycles. The number of hydrogen-bond donors (Lipinski definition) is 2. The average Bonchev–Trinajstić information content (AvgIpc) is 2.95. The van der Waals surface area contributed by atoms with Crippen molar-refractivity contribution in [2.24, 2.45) is 5.92 Å². The molecule has 0 atom stereocenters. The molecule has 0 aromatic rings. The van der Waals surface area contributed by atoms with E-state index in [0.29, 0.717) is 18.5 Å². The molecule has 15 heavy (non-hydrogen) atoms. The number of aliphatic hydroxyl groups excluding tert-OH is 1. The lowest BCUT2D eigenvalue weighted by molar-refractivity contribution is -0.130. The number of likely N-dealkylation sites (N-methyl/N-ethyl adjacent to an activating group) is 1. The first kappa shape index (κ1) is 10.9. The van der Waals surface area contributed by atoms with Crippen LogP contribution in [0.2, 0.25) is 0 Å². The molecule has 0 spiro atoms. The SMILES string of the molecule is CN(CC1CC(O)C1)C(=O)CNC1CC1. The van der Waals surface area contributed by atoms with Crippen LogP contribution < -0.4 is 5.32 Å². The van der Waals surface area contributed by atoms with E-state index in [1.54, 1.807) is 4.90 Å². The van der Waals surface area contributed by atoms with Crippen LogP contribution in [-0.4, -0.2) is 48.2 Å². The first-order chi connectivity index (χ1) is 7.15. The van der Waals surface area contributed by atoms with Crippen LogP contribution in [0, 0.1) is 5.92 Å². The zero-order chi connectivity index (χ0) is 10.8. The lowest BCUT2D eigenvalue weighted by atomic mass is 9.82. The largest absolute Gasteiger partial charge is 0.393 e. The molecule has 1 amide bonds. The van der Waals surface area contributed by atoms with Gasteiger partial charge in [-0.2, -0.15) is 0 Å². The Kier molecular flexibility index (Phi) is 3.26. The van der Waals surface area contributed by atoms with Gasteiger partial charge in [0.25, 0.3) is 0 Å². The number of hydrogen-bond acceptors (Lipinski definition) is 3. The van der Waals surface area contributed by atoms with E-state index >= 15 is 0 Å². The highest BCUT2D eigenvalue weighted by molar-refractivity contribution is 5.78. The zero-order valence-corrected chi connectivity index (χ0v) is 9.28. The van der Waals surface area contributed by atoms with Crippen LogP contribution in [0.1, 0.15) is 25.7 Å². The Balaban J connectivity index is 1.60. The maximum atomic E-state index is 11.6. The second kappa shape index (κ2) is 4.49. The van der Waals surface area contributed by atoms with Crippen molar-refractivity contribution in [3.8, 4) is 0 Å². The normalized spacial score (nSPS) is 29.7. The standard InChI is InChI=1S/C11H20N2O2/c1-13(7-8-4-10(14)5-8)11(15)6-12-9-2-3-9/h8-10,12,14H,2-7H2,1H3. The van der Waals surface area contributed by atoms with Gasteiger partial charge in [0.05, 0.1) is 12.6 Å². The van der Waals surface area contributed by atoms with Crippen LogP contribution in [0.4, 0.5) is 0 Å². The van der Waals surface area contributed by atoms with Crippen LogP contribution in [0.25, 0.3) is 0 Å². The van der Waals surface area contributed by atoms with E-state index in [9.17, 15) is 4.79 Å². The molecule has 4 nitrogen and oxygen atoms in total. The monoisotopic (exact) mass is 212 g/mol. The van der Waals surface area contributed by atoms with E-state index in [-0.39, 0.29) is 12.0 Å². The minimum absolute atomic E-state index is 0.122. The molecule has 0 aromatic carbocycles. The van der Waals surface area contributed by atoms with Crippen molar-refractivity contribution in [2.45, 2.75) is 37.8 Å². The Bertz CT molecular complexity index is 235. The summed E-state index contributed by atoms with van der Waals surface area (Å²) >= 11 is 0. The molecule has 0 bridgehead atoms. The van der Waals surface area contributed by atoms with Crippen molar-refractivity contribution >= 4 is 5.91 Å². The van der Waals surface area contributed by atoms with E-state index in [1.165, 1.54) is 12.8 Å². The lowest BCUT2D eigenvalue weighted by Gasteiger charge is -2.34. The zero-order valence-electron chi connectivity index (χ0n) is 9.28. The van der Waals surface area contributed by atoms with Crippen molar-refractivity contribution in [3.05, 3.63) is 0 Å². The molecular formula is C11H20N2O2. The Morgan fingerprint density at radius 2 is 2.13 bits per heavy atom. The highest BCUT2D eigenvalue weighted by Crippen LogP contribution is 2.27. The van der Waals surface area contributed by atoms with E-state index in [0.717, 1.165) is 19.4 Å². The summed E-state index contributed by atoms with van der Waals surface area (Å²) in [6.07, 6.45) is 4.02. The summed E-state index contributed by atoms with van der Waals surface area (Å²) in [5.41, 5.74) is 0. The molecule has 0 aromatic heterocycles. The van der Waals surface area contributed by atoms with Crippen molar-refractivity contribution in [2.75, 3.05) is 20.1 Å². The Morgan fingerprint density at radius 3 is 2.67 bits per heavy atom. The number of nitrogens with zero attached hydrogens (tertiary/aromatic N) is 1. The van der Waals surface area contributed by atoms with Crippen molar-refractivity contribution in [3.63, 3.8) is 0 Å². The summed E-state index contributed by atoms with van der Waals surface area (Å²) in [6, 6.07) is 0.591. The minimum Gasteiger partial charge on any atom is -0.393 e. The summed E-state index contributed by atoms with van der Waals surface area (Å²) in [6.45, 7) is 1.26. The van der Waals surface area contributed by atoms with Gasteiger partial charge in [0.1, 0.15) is 0 Å². The third-order valence-electron chi connectivity index (χ3n) is 3.29. The first-order valence-corrected chi connectivity index (χ1v) is 5.80. The predicted molar refractivity (Wildman–Crippen MR) is 57.4 cm³/mol. The average molecular weight is 212 g/mol. The molecule has 0 radical (unpaired) electrons. The molecule has 2 saturated carbocycles. The fraction of sp³-hybridized carbons (Fsp3) is 0.909. The van der Waals surface area contributed by atoms with Gasteiger partial charge in [0.2, 0.25) is 5.91 Å². The Labute approximate surface area is 90.6 Å². The molecule has 86 valence electrons. The lowest BCUT2D eigenvalue weighted by Crippen LogP contribution is -2.42. The van der Waals surface area contributed by atoms with Gasteiger partial charge in [0.15, 0.2) is 0 Å². The molecule has 0 unspecified atom stereocenters. The van der Waals surface area contributed by atoms with Gasteiger partial charge in [-0.15, -0.1) is 0 Å². The summed E-state index contributed by atoms with van der Waals surface area (Å²) in [5, 5.41) is 12.4. The quantitative estimate of drug-likeness (QED) is 0.673. The van der Waals surface area contributed by atoms with Crippen molar-refractivity contribution < 1.29 is 9.90 Å². The molecular weight excluding hydrogens is 192 g/mol. The maximum Gasteiger partial charge on any atom is 0.236 e. The summed E-state index contributed by atoms with van der Waals surface area (Å²) < 4.78 is 0. The van der Waals surface area contributed by atoms with Crippen LogP contribution in [0.15, 0.2) is 0 Å². The molecule has 0 heterocycles. The van der Waals surface area contributed by atoms with Crippen molar-refractivity contribution in [1.82, 2.24) is 10.2 Å². The van der Waals surface area contributed by atoms with E-state index in [1.807, 2.05) is 7.05 Å². The third kappa shape index (κ3) is 3.18. The number of carbonyl (C=O) groups is 1. The van der Waals surface area contributed by atoms with E-state index < -0.39 is 0 Å². The fourth-order valence-electron chi connectivity index (χ4n) is 1.99. The number of carbonyl (C=O) groups excluding carboxylic acids is 1. The molecule has 2 aliphatic carbocycles. The van der Waals surface area contributed by atoms with Crippen LogP contribution in [-0.2, 0) is 4.79 Å². The summed E-state index contributed by atoms with van der Waals surface area (Å²) in [7, 11) is 1.85. The number of amides is 1. The summed E-state index contributed by atoms with van der Waals surface area (Å²) in [4.78, 5) is 13.4. The first-order valence-electron chi connectivity index (χ1n) is 5.80. The third-order valence-corrected chi connectivity index (χ3v) is 3.29. The van der Waals surface area contributed by atoms with Gasteiger partial charge in [-0.25, -0.2) is 0 Å². The van der Waals surface area contributed by atoms with E-state index in [4.69, 9.17) is 5.11 Å². The van der Waals surface area contributed by atoms with Gasteiger partial charge in [-0.1, -0.05) is 0 Å². The molecule has 2 aliphatic rings. The maximum absolute atomic E-state index is 11.6. The van der Waals surface area contributed by atoms with Gasteiger partial charge in [-0.05, 0) is 31.6 Å². The molecule has 2 N–H and O–H groups in total. The number of nitrogens with one attached hydrogen (secondary N) is 1. The highest BCUT2D eigenvalue weighted by atomic mass is 16.3. The summed E-state index contributed by atoms with van der Waals surface area (Å²) in [5.74, 6) is 0.679. The Morgan fingerprint density at radius 1 is 1.47 bits per heavy atom. The molecule has 4 heteroatoms. The number of rotatable bonds is 5. The smallest absolute Gasteiger partial charge is 0.236 e. The van der Waals surface area contributed by atoms with Gasteiger partial charge >= 0.3 is 0 Å². The van der Waals surface area contributed by atoms with Gasteiger partial charge in [0, 0.05) is 19.6 Å². The highest BCUT2D eigenvalue weighted by Gasteiger charge is 2.29. The topological polar surface area (TPSA) is 52.6 Å². The molecule has 2 fully saturated rings. The van der Waals surface area contributed by atoms with Gasteiger partial charge < -0.3 is 15.3 Å². The second-order valence-electron chi connectivity index (χ2n) is 4.92. The molecule has 2 rings (SSSR count). The second-order valence-corrected chi connectivity index (χ2v) is 4.92. The number of aliphatic hydroxyl groups is 1. The Hall–Kier alpha value is -0.610. The molecule has 0 saturated heterocycles. The van der Waals surface area contributed by atoms with Crippen LogP contribution >= 0.6 is 0 Å².